The Kier molecular flexibility index (Phi) is 5.26. The lowest BCUT2D eigenvalue weighted by molar-refractivity contribution is 0.272. The summed E-state index contributed by atoms with van der Waals surface area (Å²) >= 11 is 0. The van der Waals surface area contributed by atoms with Crippen molar-refractivity contribution in [2.24, 2.45) is 5.92 Å². The smallest absolute Gasteiger partial charge is 0.0564 e. The standard InChI is InChI=1S/C13H23N3/c1-5-11(2)9-16(4)10-13-8-12(14-3)6-7-15-13/h6-8,11H,5,9-10H2,1-4H3,(H,14,15). The molecule has 3 heteroatoms. The Bertz CT molecular complexity index is 312. The van der Waals surface area contributed by atoms with Gasteiger partial charge in [-0.2, -0.15) is 0 Å². The number of hydrogen-bond acceptors (Lipinski definition) is 3. The van der Waals surface area contributed by atoms with E-state index in [1.807, 2.05) is 19.3 Å². The van der Waals surface area contributed by atoms with Crippen LogP contribution in [0.15, 0.2) is 18.3 Å². The van der Waals surface area contributed by atoms with Gasteiger partial charge in [-0.15, -0.1) is 0 Å². The van der Waals surface area contributed by atoms with Crippen molar-refractivity contribution in [2.75, 3.05) is 26.0 Å². The molecule has 1 N–H and O–H groups in total. The molecular weight excluding hydrogens is 198 g/mol. The van der Waals surface area contributed by atoms with E-state index in [-0.39, 0.29) is 0 Å². The zero-order valence-electron chi connectivity index (χ0n) is 10.8. The molecular formula is C13H23N3. The van der Waals surface area contributed by atoms with Crippen molar-refractivity contribution in [2.45, 2.75) is 26.8 Å². The van der Waals surface area contributed by atoms with Crippen molar-refractivity contribution in [3.63, 3.8) is 0 Å². The lowest BCUT2D eigenvalue weighted by Gasteiger charge is -2.20. The molecule has 0 aliphatic carbocycles. The highest BCUT2D eigenvalue weighted by atomic mass is 15.1. The molecule has 1 heterocycles. The van der Waals surface area contributed by atoms with Gasteiger partial charge in [0.25, 0.3) is 0 Å². The zero-order chi connectivity index (χ0) is 12.0. The first-order valence-corrected chi connectivity index (χ1v) is 5.97. The average molecular weight is 221 g/mol. The minimum absolute atomic E-state index is 0.748. The summed E-state index contributed by atoms with van der Waals surface area (Å²) in [5, 5.41) is 3.13. The van der Waals surface area contributed by atoms with Crippen molar-refractivity contribution < 1.29 is 0 Å². The van der Waals surface area contributed by atoms with E-state index in [9.17, 15) is 0 Å². The predicted molar refractivity (Wildman–Crippen MR) is 69.6 cm³/mol. The number of pyridine rings is 1. The van der Waals surface area contributed by atoms with Gasteiger partial charge >= 0.3 is 0 Å². The van der Waals surface area contributed by atoms with E-state index in [0.717, 1.165) is 30.4 Å². The van der Waals surface area contributed by atoms with Gasteiger partial charge in [0, 0.05) is 32.0 Å². The van der Waals surface area contributed by atoms with Crippen molar-refractivity contribution in [1.29, 1.82) is 0 Å². The van der Waals surface area contributed by atoms with Crippen LogP contribution in [0.3, 0.4) is 0 Å². The Labute approximate surface area is 98.9 Å². The van der Waals surface area contributed by atoms with Crippen LogP contribution >= 0.6 is 0 Å². The molecule has 16 heavy (non-hydrogen) atoms. The Balaban J connectivity index is 2.51. The largest absolute Gasteiger partial charge is 0.388 e. The quantitative estimate of drug-likeness (QED) is 0.800. The lowest BCUT2D eigenvalue weighted by Crippen LogP contribution is -2.24. The van der Waals surface area contributed by atoms with Crippen LogP contribution in [0.4, 0.5) is 5.69 Å². The molecule has 0 saturated heterocycles. The third-order valence-corrected chi connectivity index (χ3v) is 2.86. The van der Waals surface area contributed by atoms with Crippen LogP contribution in [-0.2, 0) is 6.54 Å². The number of hydrogen-bond donors (Lipinski definition) is 1. The molecule has 0 amide bonds. The number of aromatic nitrogens is 1. The van der Waals surface area contributed by atoms with Crippen LogP contribution in [0.2, 0.25) is 0 Å². The van der Waals surface area contributed by atoms with E-state index in [2.05, 4.69) is 42.2 Å². The topological polar surface area (TPSA) is 28.2 Å². The lowest BCUT2D eigenvalue weighted by atomic mass is 10.1. The van der Waals surface area contributed by atoms with Crippen LogP contribution in [-0.4, -0.2) is 30.5 Å². The predicted octanol–water partition coefficient (Wildman–Crippen LogP) is 2.60. The molecule has 0 fully saturated rings. The first kappa shape index (κ1) is 13.0. The molecule has 0 aliphatic heterocycles. The van der Waals surface area contributed by atoms with E-state index in [4.69, 9.17) is 0 Å². The van der Waals surface area contributed by atoms with Crippen molar-refractivity contribution >= 4 is 5.69 Å². The molecule has 0 aromatic carbocycles. The van der Waals surface area contributed by atoms with E-state index >= 15 is 0 Å². The van der Waals surface area contributed by atoms with Crippen molar-refractivity contribution in [3.8, 4) is 0 Å². The fraction of sp³-hybridized carbons (Fsp3) is 0.615. The van der Waals surface area contributed by atoms with Crippen LogP contribution < -0.4 is 5.32 Å². The van der Waals surface area contributed by atoms with Gasteiger partial charge in [0.1, 0.15) is 0 Å². The van der Waals surface area contributed by atoms with Gasteiger partial charge in [0.15, 0.2) is 0 Å². The van der Waals surface area contributed by atoms with Gasteiger partial charge in [-0.1, -0.05) is 20.3 Å². The van der Waals surface area contributed by atoms with Gasteiger partial charge in [-0.3, -0.25) is 4.98 Å². The van der Waals surface area contributed by atoms with E-state index in [0.29, 0.717) is 0 Å². The first-order valence-electron chi connectivity index (χ1n) is 5.97. The van der Waals surface area contributed by atoms with Crippen molar-refractivity contribution in [3.05, 3.63) is 24.0 Å². The van der Waals surface area contributed by atoms with Crippen LogP contribution in [0.5, 0.6) is 0 Å². The SMILES string of the molecule is CCC(C)CN(C)Cc1cc(NC)ccn1. The minimum atomic E-state index is 0.748. The number of nitrogens with zero attached hydrogens (tertiary/aromatic N) is 2. The summed E-state index contributed by atoms with van der Waals surface area (Å²) in [5.41, 5.74) is 2.25. The van der Waals surface area contributed by atoms with Gasteiger partial charge in [0.2, 0.25) is 0 Å². The average Bonchev–Trinajstić information content (AvgIpc) is 2.28. The molecule has 1 aromatic rings. The molecule has 3 nitrogen and oxygen atoms in total. The first-order chi connectivity index (χ1) is 7.65. The van der Waals surface area contributed by atoms with E-state index in [1.54, 1.807) is 0 Å². The summed E-state index contributed by atoms with van der Waals surface area (Å²) in [6.45, 7) is 6.56. The normalized spacial score (nSPS) is 12.8. The van der Waals surface area contributed by atoms with Crippen LogP contribution in [0, 0.1) is 5.92 Å². The Morgan fingerprint density at radius 1 is 1.50 bits per heavy atom. The molecule has 90 valence electrons. The number of nitrogens with one attached hydrogen (secondary N) is 1. The van der Waals surface area contributed by atoms with Gasteiger partial charge in [-0.25, -0.2) is 0 Å². The van der Waals surface area contributed by atoms with Gasteiger partial charge in [-0.05, 0) is 25.1 Å². The molecule has 0 spiro atoms. The molecule has 1 rings (SSSR count). The zero-order valence-corrected chi connectivity index (χ0v) is 10.8. The summed E-state index contributed by atoms with van der Waals surface area (Å²) in [6, 6.07) is 4.09. The van der Waals surface area contributed by atoms with E-state index < -0.39 is 0 Å². The monoisotopic (exact) mass is 221 g/mol. The molecule has 0 bridgehead atoms. The molecule has 0 aliphatic rings. The number of anilines is 1. The molecule has 1 aromatic heterocycles. The molecule has 1 unspecified atom stereocenters. The summed E-state index contributed by atoms with van der Waals surface area (Å²) in [7, 11) is 4.09. The van der Waals surface area contributed by atoms with Crippen molar-refractivity contribution in [1.82, 2.24) is 9.88 Å². The second-order valence-electron chi connectivity index (χ2n) is 4.50. The Morgan fingerprint density at radius 3 is 2.88 bits per heavy atom. The molecule has 0 radical (unpaired) electrons. The second-order valence-corrected chi connectivity index (χ2v) is 4.50. The summed E-state index contributed by atoms with van der Waals surface area (Å²) in [5.74, 6) is 0.748. The maximum absolute atomic E-state index is 4.38. The van der Waals surface area contributed by atoms with Gasteiger partial charge in [0.05, 0.1) is 5.69 Å². The van der Waals surface area contributed by atoms with E-state index in [1.165, 1.54) is 6.42 Å². The Morgan fingerprint density at radius 2 is 2.25 bits per heavy atom. The maximum atomic E-state index is 4.38. The summed E-state index contributed by atoms with van der Waals surface area (Å²) < 4.78 is 0. The number of rotatable bonds is 6. The highest BCUT2D eigenvalue weighted by Gasteiger charge is 2.06. The molecule has 0 saturated carbocycles. The maximum Gasteiger partial charge on any atom is 0.0564 e. The third-order valence-electron chi connectivity index (χ3n) is 2.86. The Hall–Kier alpha value is -1.09. The summed E-state index contributed by atoms with van der Waals surface area (Å²) in [4.78, 5) is 6.71. The highest BCUT2D eigenvalue weighted by molar-refractivity contribution is 5.42. The van der Waals surface area contributed by atoms with Crippen LogP contribution in [0.25, 0.3) is 0 Å². The second kappa shape index (κ2) is 6.48. The fourth-order valence-corrected chi connectivity index (χ4v) is 1.72. The summed E-state index contributed by atoms with van der Waals surface area (Å²) in [6.07, 6.45) is 3.09. The van der Waals surface area contributed by atoms with Gasteiger partial charge < -0.3 is 10.2 Å². The third kappa shape index (κ3) is 4.19. The van der Waals surface area contributed by atoms with Crippen LogP contribution in [0.1, 0.15) is 26.0 Å². The highest BCUT2D eigenvalue weighted by Crippen LogP contribution is 2.10. The molecule has 1 atom stereocenters. The fourth-order valence-electron chi connectivity index (χ4n) is 1.72. The minimum Gasteiger partial charge on any atom is -0.388 e.